The zero-order valence-electron chi connectivity index (χ0n) is 19.4. The van der Waals surface area contributed by atoms with E-state index in [1.54, 1.807) is 0 Å². The number of aryl methyl sites for hydroxylation is 1. The van der Waals surface area contributed by atoms with E-state index in [1.807, 2.05) is 35.5 Å². The number of nitrogens with zero attached hydrogens (tertiary/aromatic N) is 1. The van der Waals surface area contributed by atoms with Gasteiger partial charge in [-0.05, 0) is 78.8 Å². The van der Waals surface area contributed by atoms with Crippen LogP contribution in [0.1, 0.15) is 77.2 Å². The first kappa shape index (κ1) is 19.8. The molecule has 4 unspecified atom stereocenters. The van der Waals surface area contributed by atoms with Crippen LogP contribution in [0.5, 0.6) is 0 Å². The van der Waals surface area contributed by atoms with Gasteiger partial charge in [0.15, 0.2) is 0 Å². The second-order valence-corrected chi connectivity index (χ2v) is 13.2. The molecule has 34 heavy (non-hydrogen) atoms. The Morgan fingerprint density at radius 1 is 0.676 bits per heavy atom. The zero-order valence-corrected chi connectivity index (χ0v) is 20.3. The van der Waals surface area contributed by atoms with E-state index in [1.165, 1.54) is 35.1 Å². The molecule has 3 fully saturated rings. The molecule has 3 aromatic carbocycles. The molecular formula is C30H29NO2S. The number of hydrogen-bond acceptors (Lipinski definition) is 2. The normalized spacial score (nSPS) is 36.7. The SMILES string of the molecule is Cc1ccc(S(=O)(=O)N2CC3(C4CCC3c3ccccc34)C23C2CCC3c3ccccc32)cc1. The summed E-state index contributed by atoms with van der Waals surface area (Å²) in [6, 6.07) is 25.4. The lowest BCUT2D eigenvalue weighted by molar-refractivity contribution is -0.125. The van der Waals surface area contributed by atoms with Crippen LogP contribution in [0.4, 0.5) is 0 Å². The largest absolute Gasteiger partial charge is 0.243 e. The van der Waals surface area contributed by atoms with Gasteiger partial charge in [0.25, 0.3) is 0 Å². The summed E-state index contributed by atoms with van der Waals surface area (Å²) < 4.78 is 30.7. The molecule has 2 spiro atoms. The number of sulfonamides is 1. The molecule has 3 aromatic rings. The van der Waals surface area contributed by atoms with E-state index in [4.69, 9.17) is 0 Å². The molecule has 4 heteroatoms. The van der Waals surface area contributed by atoms with Crippen molar-refractivity contribution in [2.75, 3.05) is 6.54 Å². The van der Waals surface area contributed by atoms with Crippen molar-refractivity contribution in [3.63, 3.8) is 0 Å². The van der Waals surface area contributed by atoms with E-state index in [0.29, 0.717) is 35.1 Å². The van der Waals surface area contributed by atoms with Crippen molar-refractivity contribution in [3.05, 3.63) is 101 Å². The molecule has 0 N–H and O–H groups in total. The molecule has 1 saturated heterocycles. The summed E-state index contributed by atoms with van der Waals surface area (Å²) in [6.07, 6.45) is 4.58. The van der Waals surface area contributed by atoms with Crippen molar-refractivity contribution in [3.8, 4) is 0 Å². The maximum absolute atomic E-state index is 14.3. The first-order valence-electron chi connectivity index (χ1n) is 12.8. The van der Waals surface area contributed by atoms with Crippen molar-refractivity contribution in [1.82, 2.24) is 4.31 Å². The molecule has 3 nitrogen and oxygen atoms in total. The fourth-order valence-electron chi connectivity index (χ4n) is 9.58. The molecule has 172 valence electrons. The van der Waals surface area contributed by atoms with Gasteiger partial charge in [-0.1, -0.05) is 66.2 Å². The summed E-state index contributed by atoms with van der Waals surface area (Å²) in [5.74, 6) is 1.52. The van der Waals surface area contributed by atoms with E-state index in [9.17, 15) is 8.42 Å². The van der Waals surface area contributed by atoms with Gasteiger partial charge < -0.3 is 0 Å². The van der Waals surface area contributed by atoms with E-state index >= 15 is 0 Å². The van der Waals surface area contributed by atoms with Crippen molar-refractivity contribution in [1.29, 1.82) is 0 Å². The average Bonchev–Trinajstić information content (AvgIpc) is 3.59. The minimum Gasteiger partial charge on any atom is -0.207 e. The van der Waals surface area contributed by atoms with Crippen LogP contribution in [0.25, 0.3) is 0 Å². The predicted molar refractivity (Wildman–Crippen MR) is 133 cm³/mol. The standard InChI is InChI=1S/C30H29NO2S/c1-19-10-12-20(13-11-19)34(32,33)31-18-29(25-14-15-26(29)22-7-3-2-6-21(22)25)30(31)27-16-17-28(30)24-9-5-4-8-23(24)27/h2-13,25-28H,14-18H2,1H3. The third-order valence-electron chi connectivity index (χ3n) is 10.5. The van der Waals surface area contributed by atoms with E-state index < -0.39 is 10.0 Å². The highest BCUT2D eigenvalue weighted by Gasteiger charge is 2.83. The lowest BCUT2D eigenvalue weighted by atomic mass is 9.51. The molecule has 0 amide bonds. The van der Waals surface area contributed by atoms with Crippen LogP contribution in [0.3, 0.4) is 0 Å². The Morgan fingerprint density at radius 3 is 1.62 bits per heavy atom. The maximum Gasteiger partial charge on any atom is 0.243 e. The summed E-state index contributed by atoms with van der Waals surface area (Å²) >= 11 is 0. The molecule has 1 aliphatic heterocycles. The van der Waals surface area contributed by atoms with E-state index in [2.05, 4.69) is 48.5 Å². The van der Waals surface area contributed by atoms with E-state index in [-0.39, 0.29) is 11.0 Å². The van der Waals surface area contributed by atoms with Crippen LogP contribution in [-0.2, 0) is 10.0 Å². The Hall–Kier alpha value is -2.43. The quantitative estimate of drug-likeness (QED) is 0.458. The molecule has 0 aromatic heterocycles. The third kappa shape index (κ3) is 1.94. The fourth-order valence-corrected chi connectivity index (χ4v) is 11.5. The zero-order chi connectivity index (χ0) is 22.9. The third-order valence-corrected chi connectivity index (χ3v) is 12.3. The van der Waals surface area contributed by atoms with Gasteiger partial charge in [0, 0.05) is 23.8 Å². The van der Waals surface area contributed by atoms with Gasteiger partial charge in [-0.15, -0.1) is 0 Å². The molecule has 4 bridgehead atoms. The van der Waals surface area contributed by atoms with Crippen LogP contribution in [0, 0.1) is 12.3 Å². The molecule has 8 rings (SSSR count). The number of benzene rings is 3. The molecule has 2 saturated carbocycles. The van der Waals surface area contributed by atoms with Crippen molar-refractivity contribution < 1.29 is 8.42 Å². The highest BCUT2D eigenvalue weighted by atomic mass is 32.2. The van der Waals surface area contributed by atoms with Crippen molar-refractivity contribution in [2.45, 2.75) is 66.7 Å². The Morgan fingerprint density at radius 2 is 1.12 bits per heavy atom. The summed E-state index contributed by atoms with van der Waals surface area (Å²) in [5.41, 5.74) is 6.59. The number of rotatable bonds is 2. The summed E-state index contributed by atoms with van der Waals surface area (Å²) in [6.45, 7) is 2.67. The number of hydrogen-bond donors (Lipinski definition) is 0. The Balaban J connectivity index is 1.37. The first-order valence-corrected chi connectivity index (χ1v) is 14.2. The van der Waals surface area contributed by atoms with Gasteiger partial charge in [0.1, 0.15) is 0 Å². The van der Waals surface area contributed by atoms with Crippen LogP contribution < -0.4 is 0 Å². The summed E-state index contributed by atoms with van der Waals surface area (Å²) in [5, 5.41) is 0. The van der Waals surface area contributed by atoms with Crippen molar-refractivity contribution in [2.24, 2.45) is 5.41 Å². The number of fused-ring (bicyclic) bond motifs is 6. The molecule has 4 aliphatic carbocycles. The van der Waals surface area contributed by atoms with Gasteiger partial charge in [-0.3, -0.25) is 0 Å². The fraction of sp³-hybridized carbons (Fsp3) is 0.400. The molecule has 4 atom stereocenters. The minimum absolute atomic E-state index is 0.0132. The Bertz CT molecular complexity index is 1400. The second kappa shape index (κ2) is 6.22. The highest BCUT2D eigenvalue weighted by Crippen LogP contribution is 2.83. The van der Waals surface area contributed by atoms with E-state index in [0.717, 1.165) is 18.4 Å². The first-order chi connectivity index (χ1) is 16.5. The Labute approximate surface area is 201 Å². The smallest absolute Gasteiger partial charge is 0.207 e. The van der Waals surface area contributed by atoms with Crippen LogP contribution >= 0.6 is 0 Å². The topological polar surface area (TPSA) is 37.4 Å². The van der Waals surface area contributed by atoms with Gasteiger partial charge in [-0.2, -0.15) is 4.31 Å². The lowest BCUT2D eigenvalue weighted by Gasteiger charge is -2.68. The van der Waals surface area contributed by atoms with Crippen molar-refractivity contribution >= 4 is 10.0 Å². The van der Waals surface area contributed by atoms with Crippen LogP contribution in [0.2, 0.25) is 0 Å². The minimum atomic E-state index is -3.59. The monoisotopic (exact) mass is 467 g/mol. The lowest BCUT2D eigenvalue weighted by Crippen LogP contribution is -2.78. The summed E-state index contributed by atoms with van der Waals surface area (Å²) in [4.78, 5) is 0.450. The van der Waals surface area contributed by atoms with Gasteiger partial charge >= 0.3 is 0 Å². The van der Waals surface area contributed by atoms with Crippen LogP contribution in [0.15, 0.2) is 77.7 Å². The molecule has 1 heterocycles. The van der Waals surface area contributed by atoms with Gasteiger partial charge in [-0.25, -0.2) is 8.42 Å². The molecule has 5 aliphatic rings. The average molecular weight is 468 g/mol. The Kier molecular flexibility index (Phi) is 3.63. The maximum atomic E-state index is 14.3. The molecular weight excluding hydrogens is 438 g/mol. The second-order valence-electron chi connectivity index (χ2n) is 11.3. The van der Waals surface area contributed by atoms with Gasteiger partial charge in [0.05, 0.1) is 10.4 Å². The summed E-state index contributed by atoms with van der Waals surface area (Å²) in [7, 11) is -3.59. The van der Waals surface area contributed by atoms with Gasteiger partial charge in [0.2, 0.25) is 10.0 Å². The molecule has 0 radical (unpaired) electrons. The predicted octanol–water partition coefficient (Wildman–Crippen LogP) is 6.07. The van der Waals surface area contributed by atoms with Crippen LogP contribution in [-0.4, -0.2) is 24.8 Å². The highest BCUT2D eigenvalue weighted by molar-refractivity contribution is 7.89.